The number of rotatable bonds is 2. The van der Waals surface area contributed by atoms with Crippen molar-refractivity contribution in [2.24, 2.45) is 0 Å². The predicted octanol–water partition coefficient (Wildman–Crippen LogP) is 4.36. The normalized spacial score (nSPS) is 11.9. The van der Waals surface area contributed by atoms with Gasteiger partial charge in [-0.25, -0.2) is 13.6 Å². The van der Waals surface area contributed by atoms with Crippen molar-refractivity contribution < 1.29 is 13.9 Å². The Morgan fingerprint density at radius 3 is 2.58 bits per heavy atom. The lowest BCUT2D eigenvalue weighted by molar-refractivity contribution is 0.219. The monoisotopic (exact) mass is 323 g/mol. The molecule has 5 heteroatoms. The quantitative estimate of drug-likeness (QED) is 0.816. The zero-order valence-electron chi connectivity index (χ0n) is 9.57. The third-order valence-corrected chi connectivity index (χ3v) is 3.33. The zero-order chi connectivity index (χ0) is 14.0. The van der Waals surface area contributed by atoms with Crippen molar-refractivity contribution in [2.75, 3.05) is 0 Å². The van der Waals surface area contributed by atoms with E-state index in [9.17, 15) is 13.9 Å². The summed E-state index contributed by atoms with van der Waals surface area (Å²) in [6.07, 6.45) is -1.13. The summed E-state index contributed by atoms with van der Waals surface area (Å²) in [5, 5.41) is 10.2. The molecule has 2 aromatic rings. The molecule has 0 fully saturated rings. The Morgan fingerprint density at radius 1 is 1.21 bits per heavy atom. The highest BCUT2D eigenvalue weighted by Crippen LogP contribution is 2.33. The number of nitrogens with zero attached hydrogens (tertiary/aromatic N) is 1. The molecule has 1 atom stereocenters. The average molecular weight is 324 g/mol. The molecule has 0 spiro atoms. The molecule has 2 aromatic carbocycles. The molecular weight excluding hydrogens is 316 g/mol. The molecule has 19 heavy (non-hydrogen) atoms. The first kappa shape index (κ1) is 13.7. The van der Waals surface area contributed by atoms with Crippen molar-refractivity contribution in [1.29, 1.82) is 0 Å². The van der Waals surface area contributed by atoms with Gasteiger partial charge in [-0.2, -0.15) is 0 Å². The van der Waals surface area contributed by atoms with Gasteiger partial charge in [-0.3, -0.25) is 0 Å². The van der Waals surface area contributed by atoms with Crippen LogP contribution in [0.15, 0.2) is 40.9 Å². The maximum Gasteiger partial charge on any atom is 0.222 e. The van der Waals surface area contributed by atoms with Crippen LogP contribution in [0.2, 0.25) is 0 Å². The fraction of sp³-hybridized carbons (Fsp3) is 0.0714. The van der Waals surface area contributed by atoms with E-state index in [0.29, 0.717) is 15.6 Å². The number of benzene rings is 2. The third kappa shape index (κ3) is 2.80. The van der Waals surface area contributed by atoms with Crippen molar-refractivity contribution in [2.45, 2.75) is 6.10 Å². The van der Waals surface area contributed by atoms with Crippen molar-refractivity contribution in [3.05, 3.63) is 75.0 Å². The van der Waals surface area contributed by atoms with Crippen LogP contribution in [-0.2, 0) is 0 Å². The van der Waals surface area contributed by atoms with Crippen LogP contribution in [0.5, 0.6) is 0 Å². The SMILES string of the molecule is [C-]#[N+]c1cc(C(O)c2cccc(F)c2)c(Br)cc1F. The smallest absolute Gasteiger partial charge is 0.222 e. The van der Waals surface area contributed by atoms with Crippen LogP contribution in [0, 0.1) is 18.2 Å². The highest BCUT2D eigenvalue weighted by molar-refractivity contribution is 9.10. The minimum atomic E-state index is -1.13. The Bertz CT molecular complexity index is 667. The first-order valence-electron chi connectivity index (χ1n) is 5.33. The van der Waals surface area contributed by atoms with E-state index in [1.165, 1.54) is 24.3 Å². The van der Waals surface area contributed by atoms with Gasteiger partial charge >= 0.3 is 0 Å². The largest absolute Gasteiger partial charge is 0.384 e. The van der Waals surface area contributed by atoms with Crippen LogP contribution in [0.3, 0.4) is 0 Å². The Balaban J connectivity index is 2.50. The van der Waals surface area contributed by atoms with E-state index in [-0.39, 0.29) is 5.69 Å². The lowest BCUT2D eigenvalue weighted by Crippen LogP contribution is -2.01. The predicted molar refractivity (Wildman–Crippen MR) is 70.8 cm³/mol. The summed E-state index contributed by atoms with van der Waals surface area (Å²) in [5.41, 5.74) is 0.467. The van der Waals surface area contributed by atoms with Crippen LogP contribution in [0.4, 0.5) is 14.5 Å². The summed E-state index contributed by atoms with van der Waals surface area (Å²) in [5.74, 6) is -1.14. The van der Waals surface area contributed by atoms with Gasteiger partial charge in [0, 0.05) is 4.47 Å². The topological polar surface area (TPSA) is 24.6 Å². The molecule has 0 amide bonds. The number of aliphatic hydroxyl groups is 1. The lowest BCUT2D eigenvalue weighted by Gasteiger charge is -2.14. The summed E-state index contributed by atoms with van der Waals surface area (Å²) < 4.78 is 26.8. The van der Waals surface area contributed by atoms with Crippen LogP contribution < -0.4 is 0 Å². The van der Waals surface area contributed by atoms with E-state index in [2.05, 4.69) is 20.8 Å². The second-order valence-electron chi connectivity index (χ2n) is 3.89. The zero-order valence-corrected chi connectivity index (χ0v) is 11.2. The number of hydrogen-bond donors (Lipinski definition) is 1. The van der Waals surface area contributed by atoms with Gasteiger partial charge < -0.3 is 5.11 Å². The summed E-state index contributed by atoms with van der Waals surface area (Å²) in [4.78, 5) is 3.03. The highest BCUT2D eigenvalue weighted by atomic mass is 79.9. The Kier molecular flexibility index (Phi) is 3.93. The molecule has 0 saturated carbocycles. The van der Waals surface area contributed by atoms with Gasteiger partial charge in [0.25, 0.3) is 0 Å². The molecular formula is C14H8BrF2NO. The maximum atomic E-state index is 13.4. The van der Waals surface area contributed by atoms with Crippen LogP contribution in [0.25, 0.3) is 4.85 Å². The summed E-state index contributed by atoms with van der Waals surface area (Å²) >= 11 is 3.13. The Hall–Kier alpha value is -1.77. The van der Waals surface area contributed by atoms with E-state index < -0.39 is 17.7 Å². The maximum absolute atomic E-state index is 13.4. The average Bonchev–Trinajstić information content (AvgIpc) is 2.38. The summed E-state index contributed by atoms with van der Waals surface area (Å²) in [7, 11) is 0. The minimum Gasteiger partial charge on any atom is -0.384 e. The summed E-state index contributed by atoms with van der Waals surface area (Å²) in [6, 6.07) is 7.85. The van der Waals surface area contributed by atoms with Gasteiger partial charge in [0.15, 0.2) is 0 Å². The van der Waals surface area contributed by atoms with E-state index in [1.54, 1.807) is 6.07 Å². The van der Waals surface area contributed by atoms with Crippen LogP contribution in [-0.4, -0.2) is 5.11 Å². The van der Waals surface area contributed by atoms with Gasteiger partial charge in [0.1, 0.15) is 17.7 Å². The van der Waals surface area contributed by atoms with Crippen molar-refractivity contribution in [1.82, 2.24) is 0 Å². The molecule has 0 radical (unpaired) electrons. The molecule has 1 N–H and O–H groups in total. The summed E-state index contributed by atoms with van der Waals surface area (Å²) in [6.45, 7) is 6.86. The molecule has 0 saturated heterocycles. The Labute approximate surface area is 117 Å². The van der Waals surface area contributed by atoms with Crippen molar-refractivity contribution in [3.63, 3.8) is 0 Å². The van der Waals surface area contributed by atoms with Crippen LogP contribution in [0.1, 0.15) is 17.2 Å². The van der Waals surface area contributed by atoms with E-state index in [4.69, 9.17) is 6.57 Å². The molecule has 0 aromatic heterocycles. The molecule has 2 rings (SSSR count). The highest BCUT2D eigenvalue weighted by Gasteiger charge is 2.17. The van der Waals surface area contributed by atoms with Crippen molar-refractivity contribution >= 4 is 21.6 Å². The van der Waals surface area contributed by atoms with Gasteiger partial charge in [-0.15, -0.1) is 0 Å². The van der Waals surface area contributed by atoms with Crippen LogP contribution >= 0.6 is 15.9 Å². The lowest BCUT2D eigenvalue weighted by atomic mass is 10.0. The second-order valence-corrected chi connectivity index (χ2v) is 4.75. The second kappa shape index (κ2) is 5.47. The Morgan fingerprint density at radius 2 is 1.95 bits per heavy atom. The van der Waals surface area contributed by atoms with Gasteiger partial charge in [-0.1, -0.05) is 28.1 Å². The molecule has 0 aliphatic rings. The fourth-order valence-corrected chi connectivity index (χ4v) is 2.24. The molecule has 0 aliphatic carbocycles. The van der Waals surface area contributed by atoms with E-state index in [0.717, 1.165) is 6.07 Å². The number of halogens is 3. The fourth-order valence-electron chi connectivity index (χ4n) is 1.71. The van der Waals surface area contributed by atoms with Gasteiger partial charge in [0.05, 0.1) is 6.57 Å². The minimum absolute atomic E-state index is 0.186. The molecule has 0 heterocycles. The molecule has 0 bridgehead atoms. The third-order valence-electron chi connectivity index (χ3n) is 2.65. The first-order valence-corrected chi connectivity index (χ1v) is 6.12. The van der Waals surface area contributed by atoms with Gasteiger partial charge in [-0.05, 0) is 35.4 Å². The van der Waals surface area contributed by atoms with E-state index >= 15 is 0 Å². The first-order chi connectivity index (χ1) is 9.02. The molecule has 2 nitrogen and oxygen atoms in total. The standard InChI is InChI=1S/C14H8BrF2NO/c1-18-13-6-10(11(15)7-12(13)17)14(19)8-3-2-4-9(16)5-8/h2-7,14,19H. The van der Waals surface area contributed by atoms with Gasteiger partial charge in [0.2, 0.25) is 5.69 Å². The van der Waals surface area contributed by atoms with E-state index in [1.807, 2.05) is 0 Å². The number of hydrogen-bond acceptors (Lipinski definition) is 1. The molecule has 0 aliphatic heterocycles. The van der Waals surface area contributed by atoms with Crippen molar-refractivity contribution in [3.8, 4) is 0 Å². The molecule has 96 valence electrons. The number of aliphatic hydroxyl groups excluding tert-OH is 1. The molecule has 1 unspecified atom stereocenters.